The fourth-order valence-corrected chi connectivity index (χ4v) is 1.51. The molecule has 0 unspecified atom stereocenters. The van der Waals surface area contributed by atoms with Crippen molar-refractivity contribution in [3.63, 3.8) is 0 Å². The van der Waals surface area contributed by atoms with E-state index < -0.39 is 5.97 Å². The van der Waals surface area contributed by atoms with Crippen molar-refractivity contribution in [2.45, 2.75) is 13.3 Å². The first kappa shape index (κ1) is 12.0. The Morgan fingerprint density at radius 1 is 1.50 bits per heavy atom. The molecule has 0 fully saturated rings. The molecule has 1 aromatic heterocycles. The zero-order chi connectivity index (χ0) is 13.1. The van der Waals surface area contributed by atoms with Gasteiger partial charge in [-0.25, -0.2) is 0 Å². The van der Waals surface area contributed by atoms with E-state index in [1.54, 1.807) is 13.2 Å². The van der Waals surface area contributed by atoms with Crippen LogP contribution in [0.15, 0.2) is 18.2 Å². The van der Waals surface area contributed by atoms with Gasteiger partial charge in [-0.1, -0.05) is 6.07 Å². The molecule has 1 aromatic carbocycles. The number of carbonyl (C=O) groups is 1. The SMILES string of the molecule is COc1ccc(C)cc1-n1nnc(CC(=O)O)n1. The number of carboxylic acids is 1. The highest BCUT2D eigenvalue weighted by Gasteiger charge is 2.12. The van der Waals surface area contributed by atoms with Crippen molar-refractivity contribution in [1.82, 2.24) is 20.2 Å². The van der Waals surface area contributed by atoms with Gasteiger partial charge >= 0.3 is 5.97 Å². The smallest absolute Gasteiger partial charge is 0.311 e. The molecule has 1 N–H and O–H groups in total. The van der Waals surface area contributed by atoms with E-state index in [-0.39, 0.29) is 12.2 Å². The second kappa shape index (κ2) is 4.82. The zero-order valence-corrected chi connectivity index (χ0v) is 9.99. The van der Waals surface area contributed by atoms with Gasteiger partial charge in [0.05, 0.1) is 7.11 Å². The second-order valence-electron chi connectivity index (χ2n) is 3.74. The summed E-state index contributed by atoms with van der Waals surface area (Å²) in [5.74, 6) is -0.239. The number of aryl methyl sites for hydroxylation is 1. The third-order valence-electron chi connectivity index (χ3n) is 2.31. The molecule has 0 spiro atoms. The lowest BCUT2D eigenvalue weighted by Crippen LogP contribution is -2.04. The van der Waals surface area contributed by atoms with Crippen molar-refractivity contribution in [2.75, 3.05) is 7.11 Å². The van der Waals surface area contributed by atoms with Crippen LogP contribution in [0.5, 0.6) is 5.75 Å². The Morgan fingerprint density at radius 3 is 2.94 bits per heavy atom. The van der Waals surface area contributed by atoms with Crippen LogP contribution in [0, 0.1) is 6.92 Å². The second-order valence-corrected chi connectivity index (χ2v) is 3.74. The van der Waals surface area contributed by atoms with Gasteiger partial charge in [0.15, 0.2) is 5.82 Å². The quantitative estimate of drug-likeness (QED) is 0.852. The number of benzene rings is 1. The van der Waals surface area contributed by atoms with Crippen molar-refractivity contribution in [3.05, 3.63) is 29.6 Å². The highest BCUT2D eigenvalue weighted by Crippen LogP contribution is 2.22. The summed E-state index contributed by atoms with van der Waals surface area (Å²) in [7, 11) is 1.54. The standard InChI is InChI=1S/C11H12N4O3/c1-7-3-4-9(18-2)8(5-7)15-13-10(12-14-15)6-11(16)17/h3-5H,6H2,1-2H3,(H,16,17). The molecule has 2 rings (SSSR count). The van der Waals surface area contributed by atoms with Gasteiger partial charge in [0, 0.05) is 0 Å². The maximum absolute atomic E-state index is 10.5. The van der Waals surface area contributed by atoms with E-state index in [1.165, 1.54) is 4.80 Å². The minimum Gasteiger partial charge on any atom is -0.494 e. The van der Waals surface area contributed by atoms with Gasteiger partial charge in [-0.15, -0.1) is 15.0 Å². The summed E-state index contributed by atoms with van der Waals surface area (Å²) in [5, 5.41) is 20.2. The monoisotopic (exact) mass is 248 g/mol. The number of nitrogens with zero attached hydrogens (tertiary/aromatic N) is 4. The Labute approximate surface area is 103 Å². The van der Waals surface area contributed by atoms with Gasteiger partial charge in [-0.05, 0) is 29.8 Å². The van der Waals surface area contributed by atoms with Crippen molar-refractivity contribution >= 4 is 5.97 Å². The lowest BCUT2D eigenvalue weighted by Gasteiger charge is -2.06. The van der Waals surface area contributed by atoms with Crippen LogP contribution in [0.1, 0.15) is 11.4 Å². The first-order chi connectivity index (χ1) is 8.60. The van der Waals surface area contributed by atoms with Crippen LogP contribution in [-0.2, 0) is 11.2 Å². The fourth-order valence-electron chi connectivity index (χ4n) is 1.51. The number of hydrogen-bond donors (Lipinski definition) is 1. The van der Waals surface area contributed by atoms with Crippen LogP contribution in [0.25, 0.3) is 5.69 Å². The van der Waals surface area contributed by atoms with Crippen molar-refractivity contribution < 1.29 is 14.6 Å². The number of carboxylic acid groups (broad SMARTS) is 1. The van der Waals surface area contributed by atoms with E-state index in [2.05, 4.69) is 15.4 Å². The molecule has 0 aliphatic rings. The predicted octanol–water partition coefficient (Wildman–Crippen LogP) is 0.606. The molecule has 0 bridgehead atoms. The summed E-state index contributed by atoms with van der Waals surface area (Å²) in [6.45, 7) is 1.93. The maximum atomic E-state index is 10.5. The Kier molecular flexibility index (Phi) is 3.22. The zero-order valence-electron chi connectivity index (χ0n) is 9.99. The molecule has 0 aliphatic carbocycles. The molecular formula is C11H12N4O3. The number of aliphatic carboxylic acids is 1. The summed E-state index contributed by atoms with van der Waals surface area (Å²) < 4.78 is 5.20. The Bertz CT molecular complexity index is 579. The van der Waals surface area contributed by atoms with Crippen molar-refractivity contribution in [2.24, 2.45) is 0 Å². The van der Waals surface area contributed by atoms with Crippen LogP contribution in [-0.4, -0.2) is 38.4 Å². The van der Waals surface area contributed by atoms with E-state index in [4.69, 9.17) is 9.84 Å². The lowest BCUT2D eigenvalue weighted by molar-refractivity contribution is -0.136. The van der Waals surface area contributed by atoms with Gasteiger partial charge in [0.25, 0.3) is 0 Å². The lowest BCUT2D eigenvalue weighted by atomic mass is 10.2. The van der Waals surface area contributed by atoms with E-state index in [1.807, 2.05) is 19.1 Å². The minimum atomic E-state index is -0.995. The van der Waals surface area contributed by atoms with Crippen LogP contribution in [0.2, 0.25) is 0 Å². The largest absolute Gasteiger partial charge is 0.494 e. The number of ether oxygens (including phenoxy) is 1. The van der Waals surface area contributed by atoms with Crippen molar-refractivity contribution in [1.29, 1.82) is 0 Å². The average Bonchev–Trinajstić information content (AvgIpc) is 2.76. The summed E-state index contributed by atoms with van der Waals surface area (Å²) in [5.41, 5.74) is 1.64. The Morgan fingerprint density at radius 2 is 2.28 bits per heavy atom. The van der Waals surface area contributed by atoms with Gasteiger partial charge < -0.3 is 9.84 Å². The third kappa shape index (κ3) is 2.45. The number of aromatic nitrogens is 4. The molecule has 2 aromatic rings. The third-order valence-corrected chi connectivity index (χ3v) is 2.31. The molecule has 0 atom stereocenters. The molecule has 7 nitrogen and oxygen atoms in total. The highest BCUT2D eigenvalue weighted by molar-refractivity contribution is 5.68. The van der Waals surface area contributed by atoms with Crippen LogP contribution >= 0.6 is 0 Å². The van der Waals surface area contributed by atoms with Crippen LogP contribution < -0.4 is 4.74 Å². The number of tetrazole rings is 1. The van der Waals surface area contributed by atoms with Crippen molar-refractivity contribution in [3.8, 4) is 11.4 Å². The topological polar surface area (TPSA) is 90.1 Å². The number of hydrogen-bond acceptors (Lipinski definition) is 5. The molecule has 0 aliphatic heterocycles. The minimum absolute atomic E-state index is 0.158. The van der Waals surface area contributed by atoms with Crippen LogP contribution in [0.4, 0.5) is 0 Å². The predicted molar refractivity (Wildman–Crippen MR) is 61.8 cm³/mol. The van der Waals surface area contributed by atoms with E-state index in [0.29, 0.717) is 11.4 Å². The van der Waals surface area contributed by atoms with E-state index >= 15 is 0 Å². The van der Waals surface area contributed by atoms with Gasteiger partial charge in [-0.2, -0.15) is 0 Å². The molecule has 94 valence electrons. The summed E-state index contributed by atoms with van der Waals surface area (Å²) in [6, 6.07) is 5.54. The highest BCUT2D eigenvalue weighted by atomic mass is 16.5. The first-order valence-corrected chi connectivity index (χ1v) is 5.26. The molecule has 0 amide bonds. The average molecular weight is 248 g/mol. The van der Waals surface area contributed by atoms with Gasteiger partial charge in [0.2, 0.25) is 0 Å². The molecule has 18 heavy (non-hydrogen) atoms. The maximum Gasteiger partial charge on any atom is 0.311 e. The normalized spacial score (nSPS) is 10.3. The van der Waals surface area contributed by atoms with Gasteiger partial charge in [-0.3, -0.25) is 4.79 Å². The number of rotatable bonds is 4. The molecule has 1 heterocycles. The molecule has 0 saturated heterocycles. The Balaban J connectivity index is 2.38. The van der Waals surface area contributed by atoms with Crippen LogP contribution in [0.3, 0.4) is 0 Å². The van der Waals surface area contributed by atoms with E-state index in [0.717, 1.165) is 5.56 Å². The summed E-state index contributed by atoms with van der Waals surface area (Å²) in [6.07, 6.45) is -0.256. The molecule has 7 heteroatoms. The van der Waals surface area contributed by atoms with Gasteiger partial charge in [0.1, 0.15) is 17.9 Å². The fraction of sp³-hybridized carbons (Fsp3) is 0.273. The summed E-state index contributed by atoms with van der Waals surface area (Å²) in [4.78, 5) is 11.8. The molecule has 0 saturated carbocycles. The first-order valence-electron chi connectivity index (χ1n) is 5.26. The molecular weight excluding hydrogens is 236 g/mol. The Hall–Kier alpha value is -2.44. The molecule has 0 radical (unpaired) electrons. The summed E-state index contributed by atoms with van der Waals surface area (Å²) >= 11 is 0. The number of methoxy groups -OCH3 is 1. The van der Waals surface area contributed by atoms with E-state index in [9.17, 15) is 4.79 Å².